The normalized spacial score (nSPS) is 18.9. The predicted molar refractivity (Wildman–Crippen MR) is 79.5 cm³/mol. The van der Waals surface area contributed by atoms with Crippen LogP contribution in [0.2, 0.25) is 0 Å². The van der Waals surface area contributed by atoms with Crippen LogP contribution in [0.3, 0.4) is 0 Å². The first-order valence-corrected chi connectivity index (χ1v) is 7.26. The summed E-state index contributed by atoms with van der Waals surface area (Å²) in [7, 11) is 1.68. The summed E-state index contributed by atoms with van der Waals surface area (Å²) in [6.07, 6.45) is 9.08. The lowest BCUT2D eigenvalue weighted by molar-refractivity contribution is 0.399. The highest BCUT2D eigenvalue weighted by Gasteiger charge is 2.14. The van der Waals surface area contributed by atoms with Crippen molar-refractivity contribution in [3.8, 4) is 11.4 Å². The lowest BCUT2D eigenvalue weighted by Gasteiger charge is -2.22. The minimum Gasteiger partial charge on any atom is -0.497 e. The lowest BCUT2D eigenvalue weighted by atomic mass is 10.00. The molecule has 0 bridgehead atoms. The van der Waals surface area contributed by atoms with Gasteiger partial charge in [0.2, 0.25) is 0 Å². The van der Waals surface area contributed by atoms with E-state index in [-0.39, 0.29) is 0 Å². The molecule has 4 heteroatoms. The second-order valence-corrected chi connectivity index (χ2v) is 5.34. The molecule has 2 aromatic rings. The molecule has 0 amide bonds. The molecule has 1 N–H and O–H groups in total. The van der Waals surface area contributed by atoms with E-state index in [0.29, 0.717) is 6.04 Å². The quantitative estimate of drug-likeness (QED) is 0.929. The van der Waals surface area contributed by atoms with E-state index < -0.39 is 0 Å². The first-order valence-electron chi connectivity index (χ1n) is 7.26. The number of nitrogens with zero attached hydrogens (tertiary/aromatic N) is 2. The minimum atomic E-state index is 0.609. The Kier molecular flexibility index (Phi) is 4.02. The number of rotatable bonds is 4. The number of aromatic nitrogens is 2. The van der Waals surface area contributed by atoms with Gasteiger partial charge in [0.1, 0.15) is 5.75 Å². The number of ether oxygens (including phenoxy) is 1. The molecule has 1 aromatic heterocycles. The van der Waals surface area contributed by atoms with Gasteiger partial charge in [0, 0.05) is 12.2 Å². The summed E-state index contributed by atoms with van der Waals surface area (Å²) >= 11 is 0. The van der Waals surface area contributed by atoms with Crippen LogP contribution in [0.25, 0.3) is 5.69 Å². The fourth-order valence-corrected chi connectivity index (χ4v) is 2.72. The fraction of sp³-hybridized carbons (Fsp3) is 0.438. The molecule has 1 saturated heterocycles. The largest absolute Gasteiger partial charge is 0.497 e. The summed E-state index contributed by atoms with van der Waals surface area (Å²) in [5.41, 5.74) is 2.36. The topological polar surface area (TPSA) is 39.1 Å². The van der Waals surface area contributed by atoms with Crippen LogP contribution in [0.5, 0.6) is 5.75 Å². The molecule has 1 fully saturated rings. The number of nitrogens with one attached hydrogen (secondary N) is 1. The molecular weight excluding hydrogens is 250 g/mol. The Bertz CT molecular complexity index is 541. The Labute approximate surface area is 119 Å². The molecule has 0 aliphatic carbocycles. The highest BCUT2D eigenvalue weighted by Crippen LogP contribution is 2.16. The van der Waals surface area contributed by atoms with Gasteiger partial charge in [0.25, 0.3) is 0 Å². The molecule has 0 spiro atoms. The van der Waals surface area contributed by atoms with E-state index in [4.69, 9.17) is 4.74 Å². The summed E-state index contributed by atoms with van der Waals surface area (Å²) < 4.78 is 7.10. The van der Waals surface area contributed by atoms with E-state index in [1.807, 2.05) is 35.1 Å². The zero-order valence-electron chi connectivity index (χ0n) is 11.9. The summed E-state index contributed by atoms with van der Waals surface area (Å²) in [5, 5.41) is 8.03. The van der Waals surface area contributed by atoms with Crippen LogP contribution < -0.4 is 10.1 Å². The number of hydrogen-bond acceptors (Lipinski definition) is 3. The number of piperidine rings is 1. The van der Waals surface area contributed by atoms with Gasteiger partial charge in [0.15, 0.2) is 0 Å². The van der Waals surface area contributed by atoms with Crippen molar-refractivity contribution in [1.29, 1.82) is 0 Å². The number of methoxy groups -OCH3 is 1. The average Bonchev–Trinajstić information content (AvgIpc) is 2.97. The smallest absolute Gasteiger partial charge is 0.119 e. The van der Waals surface area contributed by atoms with Gasteiger partial charge in [-0.1, -0.05) is 6.42 Å². The molecule has 1 atom stereocenters. The first-order chi connectivity index (χ1) is 9.85. The Morgan fingerprint density at radius 2 is 2.15 bits per heavy atom. The number of benzene rings is 1. The highest BCUT2D eigenvalue weighted by atomic mass is 16.5. The van der Waals surface area contributed by atoms with Gasteiger partial charge in [-0.2, -0.15) is 5.10 Å². The van der Waals surface area contributed by atoms with Crippen molar-refractivity contribution in [2.24, 2.45) is 0 Å². The van der Waals surface area contributed by atoms with E-state index in [2.05, 4.69) is 16.6 Å². The molecule has 0 saturated carbocycles. The van der Waals surface area contributed by atoms with E-state index >= 15 is 0 Å². The lowest BCUT2D eigenvalue weighted by Crippen LogP contribution is -2.35. The molecular formula is C16H21N3O. The second kappa shape index (κ2) is 6.09. The van der Waals surface area contributed by atoms with Crippen molar-refractivity contribution in [2.75, 3.05) is 13.7 Å². The van der Waals surface area contributed by atoms with Crippen molar-refractivity contribution in [2.45, 2.75) is 31.7 Å². The molecule has 1 unspecified atom stereocenters. The average molecular weight is 271 g/mol. The van der Waals surface area contributed by atoms with Crippen molar-refractivity contribution >= 4 is 0 Å². The summed E-state index contributed by atoms with van der Waals surface area (Å²) in [5.74, 6) is 0.868. The summed E-state index contributed by atoms with van der Waals surface area (Å²) in [6.45, 7) is 1.15. The van der Waals surface area contributed by atoms with Crippen molar-refractivity contribution in [3.05, 3.63) is 42.2 Å². The van der Waals surface area contributed by atoms with Gasteiger partial charge in [-0.05, 0) is 55.6 Å². The monoisotopic (exact) mass is 271 g/mol. The maximum absolute atomic E-state index is 5.17. The van der Waals surface area contributed by atoms with Crippen LogP contribution in [0, 0.1) is 0 Å². The van der Waals surface area contributed by atoms with E-state index in [0.717, 1.165) is 24.4 Å². The van der Waals surface area contributed by atoms with Crippen molar-refractivity contribution in [3.63, 3.8) is 0 Å². The van der Waals surface area contributed by atoms with Crippen LogP contribution in [0.1, 0.15) is 24.8 Å². The molecule has 20 heavy (non-hydrogen) atoms. The van der Waals surface area contributed by atoms with Gasteiger partial charge in [-0.25, -0.2) is 4.68 Å². The third-order valence-corrected chi connectivity index (χ3v) is 3.87. The van der Waals surface area contributed by atoms with Crippen LogP contribution in [0.4, 0.5) is 0 Å². The van der Waals surface area contributed by atoms with Gasteiger partial charge < -0.3 is 10.1 Å². The zero-order valence-corrected chi connectivity index (χ0v) is 11.9. The van der Waals surface area contributed by atoms with Crippen molar-refractivity contribution < 1.29 is 4.74 Å². The van der Waals surface area contributed by atoms with Crippen LogP contribution >= 0.6 is 0 Å². The molecule has 0 radical (unpaired) electrons. The standard InChI is InChI=1S/C16H21N3O/c1-20-16-7-5-15(6-8-16)19-12-13(11-18-19)10-14-4-2-3-9-17-14/h5-8,11-12,14,17H,2-4,9-10H2,1H3. The number of hydrogen-bond donors (Lipinski definition) is 1. The third kappa shape index (κ3) is 3.02. The van der Waals surface area contributed by atoms with Crippen molar-refractivity contribution in [1.82, 2.24) is 15.1 Å². The van der Waals surface area contributed by atoms with Gasteiger partial charge in [0.05, 0.1) is 19.0 Å². The van der Waals surface area contributed by atoms with Crippen LogP contribution in [-0.4, -0.2) is 29.5 Å². The Morgan fingerprint density at radius 1 is 1.30 bits per heavy atom. The SMILES string of the molecule is COc1ccc(-n2cc(CC3CCCCN3)cn2)cc1. The summed E-state index contributed by atoms with van der Waals surface area (Å²) in [6, 6.07) is 8.57. The molecule has 2 heterocycles. The fourth-order valence-electron chi connectivity index (χ4n) is 2.72. The Balaban J connectivity index is 1.68. The molecule has 3 rings (SSSR count). The Hall–Kier alpha value is -1.81. The van der Waals surface area contributed by atoms with E-state index in [9.17, 15) is 0 Å². The van der Waals surface area contributed by atoms with Crippen LogP contribution in [-0.2, 0) is 6.42 Å². The first kappa shape index (κ1) is 13.2. The van der Waals surface area contributed by atoms with Gasteiger partial charge >= 0.3 is 0 Å². The Morgan fingerprint density at radius 3 is 2.85 bits per heavy atom. The van der Waals surface area contributed by atoms with E-state index in [1.165, 1.54) is 24.8 Å². The molecule has 106 valence electrons. The maximum atomic E-state index is 5.17. The predicted octanol–water partition coefficient (Wildman–Crippen LogP) is 2.57. The summed E-state index contributed by atoms with van der Waals surface area (Å²) in [4.78, 5) is 0. The maximum Gasteiger partial charge on any atom is 0.119 e. The molecule has 1 aromatic carbocycles. The second-order valence-electron chi connectivity index (χ2n) is 5.34. The minimum absolute atomic E-state index is 0.609. The van der Waals surface area contributed by atoms with Gasteiger partial charge in [-0.3, -0.25) is 0 Å². The van der Waals surface area contributed by atoms with E-state index in [1.54, 1.807) is 7.11 Å². The molecule has 1 aliphatic rings. The highest BCUT2D eigenvalue weighted by molar-refractivity contribution is 5.37. The molecule has 1 aliphatic heterocycles. The molecule has 4 nitrogen and oxygen atoms in total. The zero-order chi connectivity index (χ0) is 13.8. The van der Waals surface area contributed by atoms with Crippen LogP contribution in [0.15, 0.2) is 36.7 Å². The third-order valence-electron chi connectivity index (χ3n) is 3.87. The van der Waals surface area contributed by atoms with Gasteiger partial charge in [-0.15, -0.1) is 0 Å².